The molecule has 0 rings (SSSR count). The standard InChI is InChI=1S/C8H17O2/c1-5-7(2)10-6-8(3,4)9/h7H,5-6H2,1-4H3. The van der Waals surface area contributed by atoms with Gasteiger partial charge in [-0.3, -0.25) is 0 Å². The molecule has 2 heteroatoms. The minimum absolute atomic E-state index is 0.216. The van der Waals surface area contributed by atoms with Crippen molar-refractivity contribution in [3.05, 3.63) is 0 Å². The summed E-state index contributed by atoms with van der Waals surface area (Å²) >= 11 is 0. The van der Waals surface area contributed by atoms with Crippen LogP contribution in [-0.4, -0.2) is 18.3 Å². The maximum absolute atomic E-state index is 11.0. The molecule has 1 unspecified atom stereocenters. The van der Waals surface area contributed by atoms with Crippen molar-refractivity contribution >= 4 is 0 Å². The quantitative estimate of drug-likeness (QED) is 0.595. The smallest absolute Gasteiger partial charge is 0.121 e. The topological polar surface area (TPSA) is 29.1 Å². The normalized spacial score (nSPS) is 15.3. The van der Waals surface area contributed by atoms with Crippen molar-refractivity contribution in [1.82, 2.24) is 0 Å². The van der Waals surface area contributed by atoms with E-state index in [0.29, 0.717) is 6.61 Å². The highest BCUT2D eigenvalue weighted by atomic mass is 16.5. The molecule has 0 amide bonds. The molecular weight excluding hydrogens is 128 g/mol. The second-order valence-electron chi connectivity index (χ2n) is 3.29. The van der Waals surface area contributed by atoms with E-state index in [-0.39, 0.29) is 6.10 Å². The first kappa shape index (κ1) is 9.92. The van der Waals surface area contributed by atoms with E-state index >= 15 is 0 Å². The van der Waals surface area contributed by atoms with Crippen LogP contribution < -0.4 is 0 Å². The number of ether oxygens (including phenoxy) is 1. The zero-order chi connectivity index (χ0) is 8.20. The van der Waals surface area contributed by atoms with E-state index in [1.54, 1.807) is 13.8 Å². The lowest BCUT2D eigenvalue weighted by Crippen LogP contribution is -2.26. The van der Waals surface area contributed by atoms with Crippen molar-refractivity contribution in [2.75, 3.05) is 6.61 Å². The Morgan fingerprint density at radius 2 is 2.00 bits per heavy atom. The first-order valence-corrected chi connectivity index (χ1v) is 3.77. The Bertz CT molecular complexity index is 83.7. The van der Waals surface area contributed by atoms with E-state index in [9.17, 15) is 5.11 Å². The summed E-state index contributed by atoms with van der Waals surface area (Å²) in [5.74, 6) is 0. The summed E-state index contributed by atoms with van der Waals surface area (Å²) < 4.78 is 5.24. The molecule has 0 aliphatic heterocycles. The van der Waals surface area contributed by atoms with Crippen LogP contribution >= 0.6 is 0 Å². The van der Waals surface area contributed by atoms with Gasteiger partial charge in [-0.25, -0.2) is 5.11 Å². The van der Waals surface area contributed by atoms with Crippen LogP contribution in [0, 0.1) is 0 Å². The van der Waals surface area contributed by atoms with Gasteiger partial charge < -0.3 is 4.74 Å². The van der Waals surface area contributed by atoms with Gasteiger partial charge in [0.15, 0.2) is 0 Å². The van der Waals surface area contributed by atoms with Gasteiger partial charge in [0.25, 0.3) is 0 Å². The second-order valence-corrected chi connectivity index (χ2v) is 3.29. The molecule has 0 bridgehead atoms. The van der Waals surface area contributed by atoms with Crippen molar-refractivity contribution in [2.24, 2.45) is 0 Å². The summed E-state index contributed by atoms with van der Waals surface area (Å²) in [7, 11) is 0. The van der Waals surface area contributed by atoms with Gasteiger partial charge >= 0.3 is 0 Å². The molecule has 0 aliphatic carbocycles. The third-order valence-corrected chi connectivity index (χ3v) is 1.29. The van der Waals surface area contributed by atoms with Gasteiger partial charge in [-0.2, -0.15) is 0 Å². The SMILES string of the molecule is CCC(C)OCC(C)(C)[O]. The molecule has 2 nitrogen and oxygen atoms in total. The lowest BCUT2D eigenvalue weighted by atomic mass is 10.1. The minimum atomic E-state index is -0.941. The first-order chi connectivity index (χ1) is 4.45. The predicted molar refractivity (Wildman–Crippen MR) is 40.5 cm³/mol. The number of hydrogen-bond acceptors (Lipinski definition) is 1. The Balaban J connectivity index is 3.36. The van der Waals surface area contributed by atoms with Crippen LogP contribution in [0.5, 0.6) is 0 Å². The molecule has 0 aromatic rings. The van der Waals surface area contributed by atoms with Gasteiger partial charge in [0.2, 0.25) is 0 Å². The fraction of sp³-hybridized carbons (Fsp3) is 1.00. The maximum atomic E-state index is 11.0. The molecule has 0 aromatic heterocycles. The van der Waals surface area contributed by atoms with E-state index in [0.717, 1.165) is 6.42 Å². The molecule has 61 valence electrons. The van der Waals surface area contributed by atoms with Gasteiger partial charge in [0.05, 0.1) is 12.7 Å². The van der Waals surface area contributed by atoms with Gasteiger partial charge in [-0.05, 0) is 27.2 Å². The zero-order valence-corrected chi connectivity index (χ0v) is 7.31. The van der Waals surface area contributed by atoms with Crippen molar-refractivity contribution in [1.29, 1.82) is 0 Å². The Morgan fingerprint density at radius 1 is 1.50 bits per heavy atom. The molecule has 0 saturated carbocycles. The van der Waals surface area contributed by atoms with Crippen molar-refractivity contribution in [2.45, 2.75) is 45.8 Å². The Morgan fingerprint density at radius 3 is 2.30 bits per heavy atom. The molecule has 0 fully saturated rings. The van der Waals surface area contributed by atoms with E-state index in [1.165, 1.54) is 0 Å². The van der Waals surface area contributed by atoms with Gasteiger partial charge in [0, 0.05) is 0 Å². The van der Waals surface area contributed by atoms with E-state index < -0.39 is 5.60 Å². The number of rotatable bonds is 4. The van der Waals surface area contributed by atoms with Gasteiger partial charge in [-0.15, -0.1) is 0 Å². The van der Waals surface area contributed by atoms with Crippen LogP contribution in [0.25, 0.3) is 0 Å². The average Bonchev–Trinajstić information content (AvgIpc) is 1.81. The van der Waals surface area contributed by atoms with Crippen LogP contribution in [0.3, 0.4) is 0 Å². The molecule has 0 heterocycles. The molecular formula is C8H17O2. The summed E-state index contributed by atoms with van der Waals surface area (Å²) in [4.78, 5) is 0. The number of hydrogen-bond donors (Lipinski definition) is 0. The highest BCUT2D eigenvalue weighted by molar-refractivity contribution is 4.63. The second kappa shape index (κ2) is 3.94. The predicted octanol–water partition coefficient (Wildman–Crippen LogP) is 2.01. The Kier molecular flexibility index (Phi) is 3.91. The highest BCUT2D eigenvalue weighted by Crippen LogP contribution is 2.05. The third-order valence-electron chi connectivity index (χ3n) is 1.29. The zero-order valence-electron chi connectivity index (χ0n) is 7.31. The van der Waals surface area contributed by atoms with Gasteiger partial charge in [0.1, 0.15) is 5.60 Å². The summed E-state index contributed by atoms with van der Waals surface area (Å²) in [6.45, 7) is 7.60. The fourth-order valence-corrected chi connectivity index (χ4v) is 0.461. The molecule has 0 aromatic carbocycles. The molecule has 0 spiro atoms. The molecule has 1 atom stereocenters. The average molecular weight is 145 g/mol. The fourth-order valence-electron chi connectivity index (χ4n) is 0.461. The van der Waals surface area contributed by atoms with Crippen molar-refractivity contribution in [3.63, 3.8) is 0 Å². The van der Waals surface area contributed by atoms with Crippen LogP contribution in [0.1, 0.15) is 34.1 Å². The third kappa shape index (κ3) is 6.05. The Labute approximate surface area is 63.2 Å². The molecule has 0 N–H and O–H groups in total. The molecule has 0 saturated heterocycles. The van der Waals surface area contributed by atoms with Crippen molar-refractivity contribution in [3.8, 4) is 0 Å². The van der Waals surface area contributed by atoms with E-state index in [1.807, 2.05) is 13.8 Å². The van der Waals surface area contributed by atoms with Gasteiger partial charge in [-0.1, -0.05) is 6.92 Å². The van der Waals surface area contributed by atoms with Crippen LogP contribution in [-0.2, 0) is 9.84 Å². The van der Waals surface area contributed by atoms with Crippen LogP contribution in [0.2, 0.25) is 0 Å². The summed E-state index contributed by atoms with van der Waals surface area (Å²) in [6, 6.07) is 0. The van der Waals surface area contributed by atoms with Crippen LogP contribution in [0.4, 0.5) is 0 Å². The lowest BCUT2D eigenvalue weighted by Gasteiger charge is -2.17. The van der Waals surface area contributed by atoms with Crippen molar-refractivity contribution < 1.29 is 9.84 Å². The molecule has 10 heavy (non-hydrogen) atoms. The van der Waals surface area contributed by atoms with Crippen LogP contribution in [0.15, 0.2) is 0 Å². The summed E-state index contributed by atoms with van der Waals surface area (Å²) in [5.41, 5.74) is -0.941. The van der Waals surface area contributed by atoms with E-state index in [4.69, 9.17) is 4.74 Å². The minimum Gasteiger partial charge on any atom is -0.375 e. The first-order valence-electron chi connectivity index (χ1n) is 3.77. The summed E-state index contributed by atoms with van der Waals surface area (Å²) in [5, 5.41) is 11.0. The largest absolute Gasteiger partial charge is 0.375 e. The lowest BCUT2D eigenvalue weighted by molar-refractivity contribution is -0.0849. The maximum Gasteiger partial charge on any atom is 0.121 e. The Hall–Kier alpha value is -0.0800. The molecule has 0 aliphatic rings. The van der Waals surface area contributed by atoms with E-state index in [2.05, 4.69) is 0 Å². The monoisotopic (exact) mass is 145 g/mol. The summed E-state index contributed by atoms with van der Waals surface area (Å²) in [6.07, 6.45) is 1.18. The molecule has 1 radical (unpaired) electrons. The highest BCUT2D eigenvalue weighted by Gasteiger charge is 2.16.